The number of unbranched alkanes of at least 4 members (excludes halogenated alkanes) is 2. The van der Waals surface area contributed by atoms with Gasteiger partial charge in [0.25, 0.3) is 0 Å². The van der Waals surface area contributed by atoms with Crippen molar-refractivity contribution in [3.8, 4) is 0 Å². The van der Waals surface area contributed by atoms with E-state index in [4.69, 9.17) is 9.05 Å². The van der Waals surface area contributed by atoms with Crippen molar-refractivity contribution in [2.75, 3.05) is 13.2 Å². The molecule has 2 unspecified atom stereocenters. The molecule has 156 valence electrons. The third-order valence-electron chi connectivity index (χ3n) is 4.03. The van der Waals surface area contributed by atoms with Crippen LogP contribution in [0.2, 0.25) is 0 Å². The third-order valence-corrected chi connectivity index (χ3v) is 4.98. The van der Waals surface area contributed by atoms with Crippen molar-refractivity contribution < 1.29 is 37.8 Å². The zero-order valence-electron chi connectivity index (χ0n) is 18.6. The van der Waals surface area contributed by atoms with Crippen LogP contribution in [0.4, 0.5) is 0 Å². The molecule has 0 saturated carbocycles. The number of rotatable bonds is 14. The minimum absolute atomic E-state index is 0. The summed E-state index contributed by atoms with van der Waals surface area (Å²) < 4.78 is 22.2. The summed E-state index contributed by atoms with van der Waals surface area (Å²) in [5.41, 5.74) is 0. The maximum absolute atomic E-state index is 11.9. The second-order valence-electron chi connectivity index (χ2n) is 5.89. The first-order valence-corrected chi connectivity index (χ1v) is 10.1. The Labute approximate surface area is 172 Å². The molecule has 0 aromatic rings. The van der Waals surface area contributed by atoms with E-state index in [0.29, 0.717) is 25.0 Å². The van der Waals surface area contributed by atoms with E-state index in [9.17, 15) is 9.46 Å². The molecule has 0 radical (unpaired) electrons. The first-order chi connectivity index (χ1) is 9.99. The number of phosphoric ester groups is 1. The second kappa shape index (κ2) is 22.8. The van der Waals surface area contributed by atoms with E-state index >= 15 is 0 Å². The molecule has 0 spiro atoms. The minimum atomic E-state index is -3.89. The van der Waals surface area contributed by atoms with Crippen molar-refractivity contribution in [2.24, 2.45) is 11.8 Å². The average Bonchev–Trinajstić information content (AvgIpc) is 2.47. The van der Waals surface area contributed by atoms with Crippen LogP contribution >= 0.6 is 7.82 Å². The normalized spacial score (nSPS) is 14.6. The monoisotopic (exact) mass is 402 g/mol. The molecular weight excluding hydrogens is 359 g/mol. The molecule has 0 bridgehead atoms. The fraction of sp³-hybridized carbons (Fsp3) is 1.00. The van der Waals surface area contributed by atoms with E-state index in [1.807, 2.05) is 0 Å². The summed E-state index contributed by atoms with van der Waals surface area (Å²) >= 11 is 0. The first kappa shape index (κ1) is 36.6. The maximum atomic E-state index is 11.9. The molecule has 9 heteroatoms. The van der Waals surface area contributed by atoms with Crippen molar-refractivity contribution in [1.29, 1.82) is 0 Å². The van der Waals surface area contributed by atoms with E-state index < -0.39 is 7.82 Å². The Balaban J connectivity index is -0.000000133. The van der Waals surface area contributed by atoms with Crippen molar-refractivity contribution in [3.63, 3.8) is 0 Å². The van der Waals surface area contributed by atoms with Gasteiger partial charge in [-0.25, -0.2) is 4.57 Å². The Kier molecular flexibility index (Phi) is 33.4. The van der Waals surface area contributed by atoms with Gasteiger partial charge in [0, 0.05) is 0 Å². The average molecular weight is 403 g/mol. The Morgan fingerprint density at radius 1 is 0.840 bits per heavy atom. The fourth-order valence-electron chi connectivity index (χ4n) is 2.23. The zero-order valence-corrected chi connectivity index (χ0v) is 18.9. The van der Waals surface area contributed by atoms with Crippen LogP contribution in [-0.4, -0.2) is 57.6 Å². The van der Waals surface area contributed by atoms with Gasteiger partial charge in [-0.1, -0.05) is 66.2 Å². The molecule has 0 amide bonds. The third kappa shape index (κ3) is 20.9. The number of phosphoric acid groups is 1. The quantitative estimate of drug-likeness (QED) is 0.350. The van der Waals surface area contributed by atoms with Crippen LogP contribution in [0.1, 0.15) is 81.9 Å². The summed E-state index contributed by atoms with van der Waals surface area (Å²) in [6.45, 7) is 9.10. The van der Waals surface area contributed by atoms with Crippen LogP contribution in [0.25, 0.3) is 0 Å². The molecular formula is C16H43MgO7P. The molecule has 2 atom stereocenters. The molecule has 0 rings (SSSR count). The van der Waals surface area contributed by atoms with Crippen LogP contribution in [0.3, 0.4) is 0 Å². The molecule has 7 N–H and O–H groups in total. The molecule has 0 aromatic heterocycles. The van der Waals surface area contributed by atoms with Gasteiger partial charge in [-0.2, -0.15) is 0 Å². The van der Waals surface area contributed by atoms with Crippen LogP contribution in [0.5, 0.6) is 0 Å². The maximum Gasteiger partial charge on any atom is 2.00 e. The van der Waals surface area contributed by atoms with Gasteiger partial charge in [0.2, 0.25) is 0 Å². The summed E-state index contributed by atoms with van der Waals surface area (Å²) in [7, 11) is -3.89. The fourth-order valence-corrected chi connectivity index (χ4v) is 3.11. The smallest absolute Gasteiger partial charge is 1.00 e. The van der Waals surface area contributed by atoms with Crippen molar-refractivity contribution in [2.45, 2.75) is 79.1 Å². The summed E-state index contributed by atoms with van der Waals surface area (Å²) in [4.78, 5) is 9.77. The van der Waals surface area contributed by atoms with Gasteiger partial charge in [-0.15, -0.1) is 0 Å². The molecule has 0 aliphatic heterocycles. The van der Waals surface area contributed by atoms with Gasteiger partial charge in [0.1, 0.15) is 0 Å². The van der Waals surface area contributed by atoms with Gasteiger partial charge < -0.3 is 24.2 Å². The number of hydrogen-bond acceptors (Lipinski definition) is 3. The predicted octanol–water partition coefficient (Wildman–Crippen LogP) is 2.92. The van der Waals surface area contributed by atoms with Crippen LogP contribution in [0.15, 0.2) is 0 Å². The molecule has 0 aliphatic rings. The minimum Gasteiger partial charge on any atom is -1.00 e. The predicted molar refractivity (Wildman–Crippen MR) is 107 cm³/mol. The van der Waals surface area contributed by atoms with Gasteiger partial charge in [-0.05, 0) is 24.7 Å². The first-order valence-electron chi connectivity index (χ1n) is 8.60. The summed E-state index contributed by atoms with van der Waals surface area (Å²) in [5.74, 6) is 0.687. The van der Waals surface area contributed by atoms with Crippen LogP contribution < -0.4 is 0 Å². The zero-order chi connectivity index (χ0) is 16.1. The summed E-state index contributed by atoms with van der Waals surface area (Å²) in [6.07, 6.45) is 8.56. The van der Waals surface area contributed by atoms with E-state index in [1.165, 1.54) is 0 Å². The van der Waals surface area contributed by atoms with E-state index in [1.54, 1.807) is 0 Å². The van der Waals surface area contributed by atoms with Gasteiger partial charge >= 0.3 is 30.9 Å². The topological polar surface area (TPSA) is 150 Å². The van der Waals surface area contributed by atoms with Crippen molar-refractivity contribution in [1.82, 2.24) is 0 Å². The van der Waals surface area contributed by atoms with E-state index in [2.05, 4.69) is 27.7 Å². The van der Waals surface area contributed by atoms with Crippen LogP contribution in [0, 0.1) is 11.8 Å². The van der Waals surface area contributed by atoms with E-state index in [-0.39, 0.29) is 42.3 Å². The van der Waals surface area contributed by atoms with Crippen molar-refractivity contribution >= 4 is 30.9 Å². The molecule has 0 aromatic carbocycles. The molecule has 0 aliphatic carbocycles. The molecule has 0 saturated heterocycles. The molecule has 0 fully saturated rings. The van der Waals surface area contributed by atoms with Gasteiger partial charge in [-0.3, -0.25) is 9.05 Å². The summed E-state index contributed by atoms with van der Waals surface area (Å²) in [6, 6.07) is 0. The second-order valence-corrected chi connectivity index (χ2v) is 7.35. The summed E-state index contributed by atoms with van der Waals surface area (Å²) in [5, 5.41) is 0. The largest absolute Gasteiger partial charge is 2.00 e. The number of hydrogen-bond donors (Lipinski definition) is 1. The van der Waals surface area contributed by atoms with Gasteiger partial charge in [0.15, 0.2) is 0 Å². The van der Waals surface area contributed by atoms with Crippen LogP contribution in [-0.2, 0) is 13.6 Å². The Morgan fingerprint density at radius 2 is 1.16 bits per heavy atom. The molecule has 0 heterocycles. The van der Waals surface area contributed by atoms with Gasteiger partial charge in [0.05, 0.1) is 13.2 Å². The van der Waals surface area contributed by atoms with E-state index in [0.717, 1.165) is 51.4 Å². The Morgan fingerprint density at radius 3 is 1.40 bits per heavy atom. The molecule has 7 nitrogen and oxygen atoms in total. The Hall–Kier alpha value is 0.756. The molecule has 25 heavy (non-hydrogen) atoms. The Bertz CT molecular complexity index is 282. The standard InChI is InChI=1S/C16H35O4P.Mg.3H2O.2H/c1-5-9-11-15(7-3)13-19-21(17,18)20-14-16(8-4)12-10-6-2;;;;;;/h15-16H,5-14H2,1-4H3,(H,17,18);;3*1H2;;/q;+2;;;;2*-1. The van der Waals surface area contributed by atoms with Crippen molar-refractivity contribution in [3.05, 3.63) is 0 Å². The SMILES string of the molecule is CCCCC(CC)COP(=O)(O)OCC(CC)CCCC.O.O.O.[H-].[H-].[Mg+2].